The first kappa shape index (κ1) is 17.0. The van der Waals surface area contributed by atoms with Crippen molar-refractivity contribution in [3.63, 3.8) is 0 Å². The zero-order valence-corrected chi connectivity index (χ0v) is 14.2. The summed E-state index contributed by atoms with van der Waals surface area (Å²) < 4.78 is 25.0. The van der Waals surface area contributed by atoms with Gasteiger partial charge in [-0.1, -0.05) is 36.4 Å². The molecule has 0 aliphatic heterocycles. The molecule has 6 heteroatoms. The summed E-state index contributed by atoms with van der Waals surface area (Å²) in [6.45, 7) is 0.193. The van der Waals surface area contributed by atoms with E-state index in [9.17, 15) is 13.2 Å². The number of fused-ring (bicyclic) bond motifs is 1. The molecule has 0 amide bonds. The molecule has 5 nitrogen and oxygen atoms in total. The van der Waals surface area contributed by atoms with Gasteiger partial charge in [-0.15, -0.1) is 0 Å². The van der Waals surface area contributed by atoms with Crippen LogP contribution in [0.2, 0.25) is 0 Å². The number of anilines is 1. The number of carboxylic acids is 1. The number of rotatable bonds is 6. The number of nitrogens with one attached hydrogen (secondary N) is 1. The van der Waals surface area contributed by atoms with E-state index in [1.807, 2.05) is 24.3 Å². The Kier molecular flexibility index (Phi) is 4.72. The van der Waals surface area contributed by atoms with E-state index >= 15 is 0 Å². The van der Waals surface area contributed by atoms with Crippen molar-refractivity contribution < 1.29 is 18.3 Å². The third-order valence-corrected chi connectivity index (χ3v) is 5.60. The van der Waals surface area contributed by atoms with Crippen LogP contribution in [0.1, 0.15) is 10.4 Å². The van der Waals surface area contributed by atoms with E-state index in [1.54, 1.807) is 30.3 Å². The summed E-state index contributed by atoms with van der Waals surface area (Å²) in [7, 11) is -3.43. The van der Waals surface area contributed by atoms with Crippen molar-refractivity contribution in [1.82, 2.24) is 0 Å². The number of aromatic carboxylic acids is 1. The minimum absolute atomic E-state index is 0.0807. The van der Waals surface area contributed by atoms with Crippen LogP contribution >= 0.6 is 0 Å². The first-order valence-corrected chi connectivity index (χ1v) is 9.40. The fourth-order valence-electron chi connectivity index (χ4n) is 2.57. The third-order valence-electron chi connectivity index (χ3n) is 3.89. The van der Waals surface area contributed by atoms with Gasteiger partial charge < -0.3 is 10.4 Å². The smallest absolute Gasteiger partial charge is 0.335 e. The number of carbonyl (C=O) groups is 1. The van der Waals surface area contributed by atoms with Crippen molar-refractivity contribution in [3.05, 3.63) is 72.3 Å². The maximum absolute atomic E-state index is 12.5. The summed E-state index contributed by atoms with van der Waals surface area (Å²) in [4.78, 5) is 11.2. The van der Waals surface area contributed by atoms with Crippen LogP contribution in [0.25, 0.3) is 10.8 Å². The molecule has 2 N–H and O–H groups in total. The molecule has 0 saturated heterocycles. The van der Waals surface area contributed by atoms with Crippen molar-refractivity contribution >= 4 is 32.3 Å². The van der Waals surface area contributed by atoms with Crippen molar-refractivity contribution in [2.75, 3.05) is 17.6 Å². The minimum Gasteiger partial charge on any atom is -0.478 e. The monoisotopic (exact) mass is 355 g/mol. The average molecular weight is 355 g/mol. The Balaban J connectivity index is 1.71. The van der Waals surface area contributed by atoms with Crippen LogP contribution in [0.5, 0.6) is 0 Å². The zero-order chi connectivity index (χ0) is 17.9. The highest BCUT2D eigenvalue weighted by molar-refractivity contribution is 7.91. The molecule has 0 aliphatic rings. The number of hydrogen-bond acceptors (Lipinski definition) is 4. The fourth-order valence-corrected chi connectivity index (χ4v) is 3.76. The van der Waals surface area contributed by atoms with E-state index in [4.69, 9.17) is 5.11 Å². The molecule has 0 aromatic heterocycles. The van der Waals surface area contributed by atoms with Gasteiger partial charge in [0.05, 0.1) is 16.2 Å². The lowest BCUT2D eigenvalue weighted by Crippen LogP contribution is -2.16. The maximum atomic E-state index is 12.5. The van der Waals surface area contributed by atoms with Crippen molar-refractivity contribution in [2.24, 2.45) is 0 Å². The molecule has 128 valence electrons. The molecule has 0 heterocycles. The first-order chi connectivity index (χ1) is 12.0. The lowest BCUT2D eigenvalue weighted by Gasteiger charge is -2.09. The Morgan fingerprint density at radius 1 is 0.920 bits per heavy atom. The van der Waals surface area contributed by atoms with Crippen LogP contribution in [-0.4, -0.2) is 31.8 Å². The molecule has 25 heavy (non-hydrogen) atoms. The topological polar surface area (TPSA) is 83.5 Å². The Bertz CT molecular complexity index is 1030. The van der Waals surface area contributed by atoms with Crippen LogP contribution in [0.4, 0.5) is 5.69 Å². The van der Waals surface area contributed by atoms with E-state index in [-0.39, 0.29) is 22.8 Å². The van der Waals surface area contributed by atoms with Gasteiger partial charge in [-0.3, -0.25) is 0 Å². The SMILES string of the molecule is O=C(O)c1cccc(NCCS(=O)(=O)c2ccc3ccccc3c2)c1. The number of sulfone groups is 1. The van der Waals surface area contributed by atoms with Crippen LogP contribution in [-0.2, 0) is 9.84 Å². The lowest BCUT2D eigenvalue weighted by atomic mass is 10.1. The summed E-state index contributed by atoms with van der Waals surface area (Å²) in [6, 6.07) is 19.0. The average Bonchev–Trinajstić information content (AvgIpc) is 2.61. The molecular weight excluding hydrogens is 338 g/mol. The highest BCUT2D eigenvalue weighted by atomic mass is 32.2. The second-order valence-electron chi connectivity index (χ2n) is 5.64. The molecule has 0 fully saturated rings. The second kappa shape index (κ2) is 6.94. The first-order valence-electron chi connectivity index (χ1n) is 7.74. The van der Waals surface area contributed by atoms with Crippen molar-refractivity contribution in [1.29, 1.82) is 0 Å². The standard InChI is InChI=1S/C19H17NO4S/c21-19(22)16-6-3-7-17(12-16)20-10-11-25(23,24)18-9-8-14-4-1-2-5-15(14)13-18/h1-9,12-13,20H,10-11H2,(H,21,22). The Hall–Kier alpha value is -2.86. The quantitative estimate of drug-likeness (QED) is 0.708. The van der Waals surface area contributed by atoms with Crippen molar-refractivity contribution in [3.8, 4) is 0 Å². The van der Waals surface area contributed by atoms with E-state index in [0.717, 1.165) is 10.8 Å². The van der Waals surface area contributed by atoms with Gasteiger partial charge in [-0.2, -0.15) is 0 Å². The molecule has 0 radical (unpaired) electrons. The Morgan fingerprint density at radius 2 is 1.68 bits per heavy atom. The maximum Gasteiger partial charge on any atom is 0.335 e. The van der Waals surface area contributed by atoms with Gasteiger partial charge >= 0.3 is 5.97 Å². The van der Waals surface area contributed by atoms with Crippen LogP contribution in [0.3, 0.4) is 0 Å². The molecule has 0 saturated carbocycles. The molecular formula is C19H17NO4S. The summed E-state index contributed by atoms with van der Waals surface area (Å²) in [5, 5.41) is 13.8. The van der Waals surface area contributed by atoms with Crippen LogP contribution in [0.15, 0.2) is 71.6 Å². The van der Waals surface area contributed by atoms with Gasteiger partial charge in [0.15, 0.2) is 9.84 Å². The summed E-state index contributed by atoms with van der Waals surface area (Å²) in [5.74, 6) is -1.10. The molecule has 3 aromatic rings. The molecule has 0 aliphatic carbocycles. The molecule has 0 spiro atoms. The Morgan fingerprint density at radius 3 is 2.44 bits per heavy atom. The second-order valence-corrected chi connectivity index (χ2v) is 7.75. The van der Waals surface area contributed by atoms with Gasteiger partial charge in [0.1, 0.15) is 0 Å². The van der Waals surface area contributed by atoms with E-state index in [1.165, 1.54) is 12.1 Å². The summed E-state index contributed by atoms with van der Waals surface area (Å²) >= 11 is 0. The van der Waals surface area contributed by atoms with Crippen LogP contribution in [0, 0.1) is 0 Å². The van der Waals surface area contributed by atoms with Gasteiger partial charge in [0, 0.05) is 12.2 Å². The van der Waals surface area contributed by atoms with Crippen LogP contribution < -0.4 is 5.32 Å². The highest BCUT2D eigenvalue weighted by Crippen LogP contribution is 2.20. The zero-order valence-electron chi connectivity index (χ0n) is 13.3. The van der Waals surface area contributed by atoms with Gasteiger partial charge in [-0.05, 0) is 41.1 Å². The third kappa shape index (κ3) is 3.97. The highest BCUT2D eigenvalue weighted by Gasteiger charge is 2.14. The number of benzene rings is 3. The van der Waals surface area contributed by atoms with E-state index in [0.29, 0.717) is 5.69 Å². The fraction of sp³-hybridized carbons (Fsp3) is 0.105. The predicted octanol–water partition coefficient (Wildman–Crippen LogP) is 3.42. The van der Waals surface area contributed by atoms with E-state index < -0.39 is 15.8 Å². The lowest BCUT2D eigenvalue weighted by molar-refractivity contribution is 0.0697. The molecule has 0 unspecified atom stereocenters. The van der Waals surface area contributed by atoms with Gasteiger partial charge in [0.2, 0.25) is 0 Å². The predicted molar refractivity (Wildman–Crippen MR) is 97.9 cm³/mol. The van der Waals surface area contributed by atoms with E-state index in [2.05, 4.69) is 5.32 Å². The number of carboxylic acid groups (broad SMARTS) is 1. The normalized spacial score (nSPS) is 11.4. The minimum atomic E-state index is -3.43. The molecule has 0 bridgehead atoms. The Labute approximate surface area is 145 Å². The summed E-state index contributed by atoms with van der Waals surface area (Å²) in [6.07, 6.45) is 0. The van der Waals surface area contributed by atoms with Gasteiger partial charge in [-0.25, -0.2) is 13.2 Å². The number of hydrogen-bond donors (Lipinski definition) is 2. The largest absolute Gasteiger partial charge is 0.478 e. The molecule has 0 atom stereocenters. The molecule has 3 aromatic carbocycles. The van der Waals surface area contributed by atoms with Gasteiger partial charge in [0.25, 0.3) is 0 Å². The van der Waals surface area contributed by atoms with Crippen molar-refractivity contribution in [2.45, 2.75) is 4.90 Å². The molecule has 3 rings (SSSR count). The summed E-state index contributed by atoms with van der Waals surface area (Å²) in [5.41, 5.74) is 0.732.